The van der Waals surface area contributed by atoms with Crippen molar-refractivity contribution in [2.24, 2.45) is 0 Å². The molecule has 1 aliphatic carbocycles. The Morgan fingerprint density at radius 1 is 1.17 bits per heavy atom. The SMILES string of the molecule is C[C@@H](CC(=O)Nc1nc2ccc(C(F)(F)F)nc2n1C1CCC1)c1ccccc1. The van der Waals surface area contributed by atoms with Crippen LogP contribution in [0.3, 0.4) is 0 Å². The molecular formula is C21H21F3N4O. The topological polar surface area (TPSA) is 59.8 Å². The molecule has 1 N–H and O–H groups in total. The van der Waals surface area contributed by atoms with E-state index in [1.54, 1.807) is 4.57 Å². The van der Waals surface area contributed by atoms with Crippen molar-refractivity contribution in [3.63, 3.8) is 0 Å². The number of hydrogen-bond acceptors (Lipinski definition) is 3. The molecule has 0 unspecified atom stereocenters. The smallest absolute Gasteiger partial charge is 0.296 e. The summed E-state index contributed by atoms with van der Waals surface area (Å²) in [6.45, 7) is 1.96. The van der Waals surface area contributed by atoms with Crippen LogP contribution in [-0.4, -0.2) is 20.4 Å². The lowest BCUT2D eigenvalue weighted by Gasteiger charge is -2.28. The summed E-state index contributed by atoms with van der Waals surface area (Å²) in [7, 11) is 0. The number of hydrogen-bond donors (Lipinski definition) is 1. The molecule has 0 aliphatic heterocycles. The Hall–Kier alpha value is -2.90. The Bertz CT molecular complexity index is 1030. The first-order valence-electron chi connectivity index (χ1n) is 9.64. The summed E-state index contributed by atoms with van der Waals surface area (Å²) in [4.78, 5) is 20.8. The molecule has 1 fully saturated rings. The van der Waals surface area contributed by atoms with E-state index in [1.165, 1.54) is 6.07 Å². The van der Waals surface area contributed by atoms with E-state index in [9.17, 15) is 18.0 Å². The average Bonchev–Trinajstić information content (AvgIpc) is 2.97. The molecule has 3 aromatic rings. The van der Waals surface area contributed by atoms with Gasteiger partial charge in [0.1, 0.15) is 11.2 Å². The zero-order valence-corrected chi connectivity index (χ0v) is 15.9. The van der Waals surface area contributed by atoms with Crippen molar-refractivity contribution in [3.8, 4) is 0 Å². The molecule has 1 amide bonds. The molecule has 29 heavy (non-hydrogen) atoms. The maximum absolute atomic E-state index is 13.1. The standard InChI is InChI=1S/C21H21F3N4O/c1-13(14-6-3-2-4-7-14)12-18(29)27-20-25-16-10-11-17(21(22,23)24)26-19(16)28(20)15-8-5-9-15/h2-4,6-7,10-11,13,15H,5,8-9,12H2,1H3,(H,25,27,29)/t13-/m0/s1. The summed E-state index contributed by atoms with van der Waals surface area (Å²) in [6, 6.07) is 11.9. The van der Waals surface area contributed by atoms with E-state index < -0.39 is 11.9 Å². The molecule has 2 heterocycles. The summed E-state index contributed by atoms with van der Waals surface area (Å²) in [5.74, 6) is 0.0442. The molecule has 0 bridgehead atoms. The third-order valence-corrected chi connectivity index (χ3v) is 5.38. The number of amides is 1. The van der Waals surface area contributed by atoms with Gasteiger partial charge in [-0.15, -0.1) is 0 Å². The van der Waals surface area contributed by atoms with E-state index in [0.29, 0.717) is 5.52 Å². The van der Waals surface area contributed by atoms with Crippen LogP contribution < -0.4 is 5.32 Å². The Balaban J connectivity index is 1.61. The molecule has 2 aromatic heterocycles. The van der Waals surface area contributed by atoms with Gasteiger partial charge >= 0.3 is 6.18 Å². The minimum atomic E-state index is -4.53. The molecule has 1 aromatic carbocycles. The fourth-order valence-electron chi connectivity index (χ4n) is 3.56. The third-order valence-electron chi connectivity index (χ3n) is 5.38. The first kappa shape index (κ1) is 19.4. The van der Waals surface area contributed by atoms with E-state index in [1.807, 2.05) is 37.3 Å². The van der Waals surface area contributed by atoms with Gasteiger partial charge in [0.05, 0.1) is 0 Å². The van der Waals surface area contributed by atoms with Crippen LogP contribution >= 0.6 is 0 Å². The average molecular weight is 402 g/mol. The predicted molar refractivity (Wildman–Crippen MR) is 104 cm³/mol. The van der Waals surface area contributed by atoms with E-state index in [4.69, 9.17) is 0 Å². The number of pyridine rings is 1. The molecule has 5 nitrogen and oxygen atoms in total. The number of nitrogens with zero attached hydrogens (tertiary/aromatic N) is 3. The van der Waals surface area contributed by atoms with Crippen LogP contribution in [0, 0.1) is 0 Å². The number of fused-ring (bicyclic) bond motifs is 1. The maximum atomic E-state index is 13.1. The van der Waals surface area contributed by atoms with Crippen molar-refractivity contribution in [2.75, 3.05) is 5.32 Å². The number of anilines is 1. The van der Waals surface area contributed by atoms with Gasteiger partial charge in [-0.1, -0.05) is 37.3 Å². The van der Waals surface area contributed by atoms with E-state index >= 15 is 0 Å². The number of alkyl halides is 3. The van der Waals surface area contributed by atoms with Gasteiger partial charge in [0.2, 0.25) is 11.9 Å². The second-order valence-electron chi connectivity index (χ2n) is 7.49. The van der Waals surface area contributed by atoms with Gasteiger partial charge in [-0.3, -0.25) is 14.7 Å². The van der Waals surface area contributed by atoms with Crippen molar-refractivity contribution >= 4 is 23.0 Å². The monoisotopic (exact) mass is 402 g/mol. The van der Waals surface area contributed by atoms with E-state index in [-0.39, 0.29) is 35.9 Å². The molecule has 152 valence electrons. The van der Waals surface area contributed by atoms with Crippen molar-refractivity contribution in [1.82, 2.24) is 14.5 Å². The zero-order chi connectivity index (χ0) is 20.6. The van der Waals surface area contributed by atoms with Crippen molar-refractivity contribution in [2.45, 2.75) is 50.7 Å². The second kappa shape index (κ2) is 7.50. The van der Waals surface area contributed by atoms with E-state index in [2.05, 4.69) is 15.3 Å². The molecule has 1 aliphatic rings. The summed E-state index contributed by atoms with van der Waals surface area (Å²) >= 11 is 0. The zero-order valence-electron chi connectivity index (χ0n) is 15.9. The molecule has 4 rings (SSSR count). The van der Waals surface area contributed by atoms with Gasteiger partial charge in [0, 0.05) is 12.5 Å². The second-order valence-corrected chi connectivity index (χ2v) is 7.49. The van der Waals surface area contributed by atoms with Gasteiger partial charge in [0.15, 0.2) is 5.65 Å². The van der Waals surface area contributed by atoms with Crippen LogP contribution in [0.25, 0.3) is 11.2 Å². The summed E-state index contributed by atoms with van der Waals surface area (Å²) < 4.78 is 41.0. The fraction of sp³-hybridized carbons (Fsp3) is 0.381. The lowest BCUT2D eigenvalue weighted by atomic mass is 9.93. The highest BCUT2D eigenvalue weighted by Crippen LogP contribution is 2.38. The predicted octanol–water partition coefficient (Wildman–Crippen LogP) is 5.31. The molecule has 1 atom stereocenters. The first-order valence-corrected chi connectivity index (χ1v) is 9.64. The van der Waals surface area contributed by atoms with Gasteiger partial charge < -0.3 is 0 Å². The molecule has 0 radical (unpaired) electrons. The van der Waals surface area contributed by atoms with Crippen molar-refractivity contribution < 1.29 is 18.0 Å². The molecule has 8 heteroatoms. The molecule has 0 spiro atoms. The Labute approximate surface area is 166 Å². The van der Waals surface area contributed by atoms with Gasteiger partial charge in [-0.2, -0.15) is 13.2 Å². The maximum Gasteiger partial charge on any atom is 0.433 e. The number of carbonyl (C=O) groups is 1. The fourth-order valence-corrected chi connectivity index (χ4v) is 3.56. The van der Waals surface area contributed by atoms with Gasteiger partial charge in [-0.25, -0.2) is 9.97 Å². The van der Waals surface area contributed by atoms with Crippen LogP contribution in [0.15, 0.2) is 42.5 Å². The van der Waals surface area contributed by atoms with Crippen LogP contribution in [-0.2, 0) is 11.0 Å². The minimum absolute atomic E-state index is 0.00201. The van der Waals surface area contributed by atoms with Crippen LogP contribution in [0.2, 0.25) is 0 Å². The van der Waals surface area contributed by atoms with Gasteiger partial charge in [-0.05, 0) is 42.9 Å². The van der Waals surface area contributed by atoms with Crippen molar-refractivity contribution in [3.05, 3.63) is 53.7 Å². The first-order chi connectivity index (χ1) is 13.8. The number of benzene rings is 1. The number of nitrogens with one attached hydrogen (secondary N) is 1. The van der Waals surface area contributed by atoms with Crippen LogP contribution in [0.5, 0.6) is 0 Å². The van der Waals surface area contributed by atoms with E-state index in [0.717, 1.165) is 30.9 Å². The number of rotatable bonds is 5. The molecule has 0 saturated heterocycles. The van der Waals surface area contributed by atoms with Gasteiger partial charge in [0.25, 0.3) is 0 Å². The number of carbonyl (C=O) groups excluding carboxylic acids is 1. The molecule has 1 saturated carbocycles. The normalized spacial score (nSPS) is 15.9. The summed E-state index contributed by atoms with van der Waals surface area (Å²) in [5.41, 5.74) is 0.597. The quantitative estimate of drug-likeness (QED) is 0.629. The largest absolute Gasteiger partial charge is 0.433 e. The Morgan fingerprint density at radius 3 is 2.52 bits per heavy atom. The highest BCUT2D eigenvalue weighted by atomic mass is 19.4. The molecular weight excluding hydrogens is 381 g/mol. The minimum Gasteiger partial charge on any atom is -0.296 e. The highest BCUT2D eigenvalue weighted by Gasteiger charge is 2.34. The van der Waals surface area contributed by atoms with Crippen LogP contribution in [0.4, 0.5) is 19.1 Å². The lowest BCUT2D eigenvalue weighted by Crippen LogP contribution is -2.23. The number of imidazole rings is 1. The highest BCUT2D eigenvalue weighted by molar-refractivity contribution is 5.91. The number of halogens is 3. The number of aromatic nitrogens is 3. The van der Waals surface area contributed by atoms with Crippen LogP contribution in [0.1, 0.15) is 55.8 Å². The third kappa shape index (κ3) is 3.97. The summed E-state index contributed by atoms with van der Waals surface area (Å²) in [5, 5.41) is 2.80. The van der Waals surface area contributed by atoms with Crippen molar-refractivity contribution in [1.29, 1.82) is 0 Å². The summed E-state index contributed by atoms with van der Waals surface area (Å²) in [6.07, 6.45) is -1.64. The Morgan fingerprint density at radius 2 is 1.90 bits per heavy atom. The lowest BCUT2D eigenvalue weighted by molar-refractivity contribution is -0.141. The Kier molecular flexibility index (Phi) is 5.02.